The van der Waals surface area contributed by atoms with Gasteiger partial charge in [0.1, 0.15) is 5.75 Å². The van der Waals surface area contributed by atoms with Gasteiger partial charge in [-0.1, -0.05) is 12.1 Å². The number of aromatic hydroxyl groups is 1. The number of nitrogens with zero attached hydrogens (tertiary/aromatic N) is 2. The van der Waals surface area contributed by atoms with Crippen molar-refractivity contribution in [3.8, 4) is 5.75 Å². The Morgan fingerprint density at radius 3 is 3.00 bits per heavy atom. The minimum atomic E-state index is 0.327. The smallest absolute Gasteiger partial charge is 0.134 e. The van der Waals surface area contributed by atoms with E-state index in [0.29, 0.717) is 12.3 Å². The topological polar surface area (TPSA) is 50.1 Å². The van der Waals surface area contributed by atoms with E-state index in [-0.39, 0.29) is 0 Å². The monoisotopic (exact) mass is 323 g/mol. The van der Waals surface area contributed by atoms with Gasteiger partial charge in [0.05, 0.1) is 10.8 Å². The molecule has 1 aromatic heterocycles. The molecule has 0 radical (unpaired) electrons. The van der Waals surface area contributed by atoms with Crippen molar-refractivity contribution in [3.05, 3.63) is 47.0 Å². The molecule has 2 rings (SSSR count). The minimum Gasteiger partial charge on any atom is -0.506 e. The predicted molar refractivity (Wildman–Crippen MR) is 79.0 cm³/mol. The molecule has 0 saturated heterocycles. The van der Waals surface area contributed by atoms with E-state index in [4.69, 9.17) is 0 Å². The molecule has 2 N–H and O–H groups in total. The summed E-state index contributed by atoms with van der Waals surface area (Å²) in [6.45, 7) is 2.64. The standard InChI is InChI=1S/C14H18BrN3O/c15-13-5-3-4-12(14(13)19)10-16-6-1-2-8-18-9-7-17-11-18/h3-5,7,9,11,16,19H,1-2,6,8,10H2. The molecule has 0 aliphatic heterocycles. The highest BCUT2D eigenvalue weighted by Gasteiger charge is 2.03. The maximum absolute atomic E-state index is 9.83. The normalized spacial score (nSPS) is 10.8. The molecule has 0 aliphatic carbocycles. The van der Waals surface area contributed by atoms with E-state index < -0.39 is 0 Å². The van der Waals surface area contributed by atoms with Crippen LogP contribution in [0, 0.1) is 0 Å². The molecule has 4 nitrogen and oxygen atoms in total. The quantitative estimate of drug-likeness (QED) is 0.770. The molecular formula is C14H18BrN3O. The van der Waals surface area contributed by atoms with Gasteiger partial charge in [0.25, 0.3) is 0 Å². The van der Waals surface area contributed by atoms with Crippen LogP contribution >= 0.6 is 15.9 Å². The number of phenols is 1. The summed E-state index contributed by atoms with van der Waals surface area (Å²) in [4.78, 5) is 4.01. The summed E-state index contributed by atoms with van der Waals surface area (Å²) in [5.74, 6) is 0.327. The molecule has 1 heterocycles. The summed E-state index contributed by atoms with van der Waals surface area (Å²) in [6, 6.07) is 5.70. The van der Waals surface area contributed by atoms with Crippen molar-refractivity contribution in [2.45, 2.75) is 25.9 Å². The molecule has 0 aliphatic rings. The molecule has 0 unspecified atom stereocenters. The van der Waals surface area contributed by atoms with E-state index in [1.165, 1.54) is 0 Å². The van der Waals surface area contributed by atoms with Gasteiger partial charge in [-0.2, -0.15) is 0 Å². The molecule has 19 heavy (non-hydrogen) atoms. The Hall–Kier alpha value is -1.33. The van der Waals surface area contributed by atoms with E-state index in [9.17, 15) is 5.11 Å². The number of hydrogen-bond donors (Lipinski definition) is 2. The van der Waals surface area contributed by atoms with E-state index in [0.717, 1.165) is 36.0 Å². The van der Waals surface area contributed by atoms with Gasteiger partial charge in [-0.25, -0.2) is 4.98 Å². The van der Waals surface area contributed by atoms with Crippen molar-refractivity contribution in [1.29, 1.82) is 0 Å². The van der Waals surface area contributed by atoms with Crippen LogP contribution in [0.1, 0.15) is 18.4 Å². The van der Waals surface area contributed by atoms with Crippen LogP contribution in [0.4, 0.5) is 0 Å². The Morgan fingerprint density at radius 1 is 1.32 bits per heavy atom. The molecule has 0 amide bonds. The van der Waals surface area contributed by atoms with Crippen molar-refractivity contribution in [2.75, 3.05) is 6.54 Å². The first-order chi connectivity index (χ1) is 9.27. The molecule has 102 valence electrons. The third-order valence-electron chi connectivity index (χ3n) is 2.96. The van der Waals surface area contributed by atoms with Crippen molar-refractivity contribution >= 4 is 15.9 Å². The summed E-state index contributed by atoms with van der Waals surface area (Å²) in [5, 5.41) is 13.2. The van der Waals surface area contributed by atoms with Gasteiger partial charge in [0, 0.05) is 31.0 Å². The number of imidazole rings is 1. The minimum absolute atomic E-state index is 0.327. The van der Waals surface area contributed by atoms with E-state index >= 15 is 0 Å². The van der Waals surface area contributed by atoms with E-state index in [1.54, 1.807) is 6.20 Å². The number of hydrogen-bond acceptors (Lipinski definition) is 3. The van der Waals surface area contributed by atoms with Gasteiger partial charge in [0.2, 0.25) is 0 Å². The molecular weight excluding hydrogens is 306 g/mol. The number of benzene rings is 1. The van der Waals surface area contributed by atoms with Crippen molar-refractivity contribution in [3.63, 3.8) is 0 Å². The molecule has 0 bridgehead atoms. The van der Waals surface area contributed by atoms with E-state index in [1.807, 2.05) is 30.7 Å². The largest absolute Gasteiger partial charge is 0.506 e. The Kier molecular flexibility index (Phi) is 5.42. The lowest BCUT2D eigenvalue weighted by molar-refractivity contribution is 0.460. The summed E-state index contributed by atoms with van der Waals surface area (Å²) in [7, 11) is 0. The Balaban J connectivity index is 1.63. The fraction of sp³-hybridized carbons (Fsp3) is 0.357. The first kappa shape index (κ1) is 14.1. The maximum Gasteiger partial charge on any atom is 0.134 e. The third-order valence-corrected chi connectivity index (χ3v) is 3.60. The number of aromatic nitrogens is 2. The van der Waals surface area contributed by atoms with Gasteiger partial charge >= 0.3 is 0 Å². The van der Waals surface area contributed by atoms with Gasteiger partial charge in [-0.05, 0) is 41.4 Å². The Labute approximate surface area is 121 Å². The zero-order valence-electron chi connectivity index (χ0n) is 10.7. The van der Waals surface area contributed by atoms with Crippen molar-refractivity contribution in [2.24, 2.45) is 0 Å². The fourth-order valence-electron chi connectivity index (χ4n) is 1.89. The Morgan fingerprint density at radius 2 is 2.21 bits per heavy atom. The third kappa shape index (κ3) is 4.36. The first-order valence-corrected chi connectivity index (χ1v) is 7.19. The first-order valence-electron chi connectivity index (χ1n) is 6.40. The molecule has 0 spiro atoms. The predicted octanol–water partition coefficient (Wildman–Crippen LogP) is 2.92. The second-order valence-electron chi connectivity index (χ2n) is 4.43. The van der Waals surface area contributed by atoms with Crippen LogP contribution in [0.15, 0.2) is 41.4 Å². The summed E-state index contributed by atoms with van der Waals surface area (Å²) < 4.78 is 2.83. The van der Waals surface area contributed by atoms with Gasteiger partial charge in [0.15, 0.2) is 0 Å². The number of nitrogens with one attached hydrogen (secondary N) is 1. The lowest BCUT2D eigenvalue weighted by atomic mass is 10.2. The second kappa shape index (κ2) is 7.31. The lowest BCUT2D eigenvalue weighted by Gasteiger charge is -2.08. The summed E-state index contributed by atoms with van der Waals surface area (Å²) in [5.41, 5.74) is 0.920. The van der Waals surface area contributed by atoms with Crippen LogP contribution in [0.2, 0.25) is 0 Å². The number of rotatable bonds is 7. The molecule has 0 saturated carbocycles. The Bertz CT molecular complexity index is 499. The SMILES string of the molecule is Oc1c(Br)cccc1CNCCCCn1ccnc1. The van der Waals surface area contributed by atoms with Crippen LogP contribution in [-0.4, -0.2) is 21.2 Å². The summed E-state index contributed by atoms with van der Waals surface area (Å²) >= 11 is 3.32. The lowest BCUT2D eigenvalue weighted by Crippen LogP contribution is -2.15. The molecule has 5 heteroatoms. The number of para-hydroxylation sites is 1. The molecule has 1 aromatic carbocycles. The highest BCUT2D eigenvalue weighted by molar-refractivity contribution is 9.10. The van der Waals surface area contributed by atoms with Crippen LogP contribution in [0.25, 0.3) is 0 Å². The highest BCUT2D eigenvalue weighted by Crippen LogP contribution is 2.27. The number of aryl methyl sites for hydroxylation is 1. The number of halogens is 1. The van der Waals surface area contributed by atoms with Gasteiger partial charge in [-0.3, -0.25) is 0 Å². The average molecular weight is 324 g/mol. The zero-order chi connectivity index (χ0) is 13.5. The fourth-order valence-corrected chi connectivity index (χ4v) is 2.30. The zero-order valence-corrected chi connectivity index (χ0v) is 12.3. The molecule has 0 fully saturated rings. The number of unbranched alkanes of at least 4 members (excludes halogenated alkanes) is 1. The average Bonchev–Trinajstić information content (AvgIpc) is 2.91. The van der Waals surface area contributed by atoms with Crippen LogP contribution in [0.5, 0.6) is 5.75 Å². The van der Waals surface area contributed by atoms with Crippen molar-refractivity contribution < 1.29 is 5.11 Å². The summed E-state index contributed by atoms with van der Waals surface area (Å²) in [6.07, 6.45) is 7.84. The van der Waals surface area contributed by atoms with Gasteiger partial charge in [-0.15, -0.1) is 0 Å². The van der Waals surface area contributed by atoms with Crippen LogP contribution < -0.4 is 5.32 Å². The van der Waals surface area contributed by atoms with Gasteiger partial charge < -0.3 is 15.0 Å². The highest BCUT2D eigenvalue weighted by atomic mass is 79.9. The maximum atomic E-state index is 9.83. The van der Waals surface area contributed by atoms with E-state index in [2.05, 4.69) is 30.8 Å². The van der Waals surface area contributed by atoms with Crippen molar-refractivity contribution in [1.82, 2.24) is 14.9 Å². The second-order valence-corrected chi connectivity index (χ2v) is 5.29. The molecule has 0 atom stereocenters. The number of phenolic OH excluding ortho intramolecular Hbond substituents is 1. The molecule has 2 aromatic rings. The van der Waals surface area contributed by atoms with Crippen LogP contribution in [0.3, 0.4) is 0 Å². The van der Waals surface area contributed by atoms with Crippen LogP contribution in [-0.2, 0) is 13.1 Å².